The average Bonchev–Trinajstić information content (AvgIpc) is 2.71. The molecule has 1 atom stereocenters. The second kappa shape index (κ2) is 6.44. The molecule has 1 N–H and O–H groups in total. The molecule has 0 aliphatic rings. The Morgan fingerprint density at radius 3 is 2.76 bits per heavy atom. The molecular weight excluding hydrogens is 285 g/mol. The first-order valence-corrected chi connectivity index (χ1v) is 6.60. The molecule has 0 bridgehead atoms. The molecule has 0 saturated carbocycles. The number of aromatic nitrogens is 2. The minimum Gasteiger partial charge on any atom is -0.393 e. The molecule has 4 nitrogen and oxygen atoms in total. The van der Waals surface area contributed by atoms with E-state index in [9.17, 15) is 18.3 Å². The van der Waals surface area contributed by atoms with Crippen LogP contribution < -0.4 is 0 Å². The number of fused-ring (bicyclic) bond motifs is 1. The summed E-state index contributed by atoms with van der Waals surface area (Å²) in [5, 5.41) is 15.2. The minimum atomic E-state index is -4.33. The van der Waals surface area contributed by atoms with Crippen molar-refractivity contribution < 1.29 is 23.0 Å². The Bertz CT molecular complexity index is 595. The Morgan fingerprint density at radius 1 is 1.33 bits per heavy atom. The summed E-state index contributed by atoms with van der Waals surface area (Å²) < 4.78 is 41.9. The topological polar surface area (TPSA) is 47.3 Å². The molecule has 1 aromatic carbocycles. The molecule has 1 aromatic heterocycles. The summed E-state index contributed by atoms with van der Waals surface area (Å²) in [6.45, 7) is -1.42. The quantitative estimate of drug-likeness (QED) is 0.834. The first kappa shape index (κ1) is 15.8. The molecule has 0 spiro atoms. The molecule has 0 amide bonds. The van der Waals surface area contributed by atoms with Crippen molar-refractivity contribution in [2.45, 2.75) is 25.1 Å². The number of hydrogen-bond acceptors (Lipinski definition) is 3. The number of halogens is 3. The minimum absolute atomic E-state index is 0.133. The van der Waals surface area contributed by atoms with Gasteiger partial charge in [-0.15, -0.1) is 0 Å². The average molecular weight is 302 g/mol. The van der Waals surface area contributed by atoms with Crippen molar-refractivity contribution in [1.82, 2.24) is 9.78 Å². The fourth-order valence-electron chi connectivity index (χ4n) is 2.17. The van der Waals surface area contributed by atoms with Crippen molar-refractivity contribution in [3.05, 3.63) is 30.0 Å². The van der Waals surface area contributed by atoms with Crippen LogP contribution in [-0.2, 0) is 18.2 Å². The van der Waals surface area contributed by atoms with Gasteiger partial charge in [-0.3, -0.25) is 4.68 Å². The number of aryl methyl sites for hydroxylation is 1. The second-order valence-corrected chi connectivity index (χ2v) is 4.90. The van der Waals surface area contributed by atoms with Crippen LogP contribution in [0.1, 0.15) is 12.1 Å². The smallest absolute Gasteiger partial charge is 0.393 e. The molecule has 116 valence electrons. The zero-order chi connectivity index (χ0) is 15.5. The van der Waals surface area contributed by atoms with Crippen LogP contribution in [0.25, 0.3) is 10.9 Å². The maximum absolute atomic E-state index is 11.9. The van der Waals surface area contributed by atoms with Crippen LogP contribution in [0.4, 0.5) is 13.2 Å². The van der Waals surface area contributed by atoms with Crippen molar-refractivity contribution in [3.8, 4) is 0 Å². The number of ether oxygens (including phenoxy) is 1. The molecule has 0 aliphatic heterocycles. The molecular formula is C14H17F3N2O2. The third-order valence-corrected chi connectivity index (χ3v) is 3.12. The van der Waals surface area contributed by atoms with Crippen molar-refractivity contribution in [3.63, 3.8) is 0 Å². The van der Waals surface area contributed by atoms with E-state index in [0.29, 0.717) is 0 Å². The lowest BCUT2D eigenvalue weighted by atomic mass is 10.1. The zero-order valence-corrected chi connectivity index (χ0v) is 11.6. The van der Waals surface area contributed by atoms with E-state index in [2.05, 4.69) is 9.84 Å². The van der Waals surface area contributed by atoms with Gasteiger partial charge in [0.2, 0.25) is 0 Å². The molecule has 0 aliphatic carbocycles. The third-order valence-electron chi connectivity index (χ3n) is 3.12. The maximum atomic E-state index is 11.9. The Labute approximate surface area is 120 Å². The number of para-hydroxylation sites is 1. The van der Waals surface area contributed by atoms with Gasteiger partial charge in [0.25, 0.3) is 0 Å². The van der Waals surface area contributed by atoms with E-state index >= 15 is 0 Å². The molecule has 21 heavy (non-hydrogen) atoms. The van der Waals surface area contributed by atoms with Gasteiger partial charge in [-0.2, -0.15) is 18.3 Å². The Kier molecular flexibility index (Phi) is 4.84. The van der Waals surface area contributed by atoms with Gasteiger partial charge in [-0.25, -0.2) is 0 Å². The van der Waals surface area contributed by atoms with Crippen LogP contribution in [-0.4, -0.2) is 40.4 Å². The van der Waals surface area contributed by atoms with Gasteiger partial charge >= 0.3 is 6.18 Å². The first-order valence-electron chi connectivity index (χ1n) is 6.60. The van der Waals surface area contributed by atoms with Gasteiger partial charge in [-0.05, 0) is 12.5 Å². The summed E-state index contributed by atoms with van der Waals surface area (Å²) in [6, 6.07) is 7.61. The number of hydrogen-bond donors (Lipinski definition) is 1. The summed E-state index contributed by atoms with van der Waals surface area (Å²) in [4.78, 5) is 0. The predicted molar refractivity (Wildman–Crippen MR) is 71.9 cm³/mol. The lowest BCUT2D eigenvalue weighted by Gasteiger charge is -2.11. The number of benzene rings is 1. The van der Waals surface area contributed by atoms with Gasteiger partial charge in [-0.1, -0.05) is 18.2 Å². The molecule has 1 unspecified atom stereocenters. The van der Waals surface area contributed by atoms with E-state index < -0.39 is 18.9 Å². The van der Waals surface area contributed by atoms with E-state index in [1.165, 1.54) is 0 Å². The van der Waals surface area contributed by atoms with Gasteiger partial charge in [0, 0.05) is 25.5 Å². The van der Waals surface area contributed by atoms with Gasteiger partial charge in [0.1, 0.15) is 6.61 Å². The van der Waals surface area contributed by atoms with E-state index in [-0.39, 0.29) is 19.4 Å². The van der Waals surface area contributed by atoms with Crippen LogP contribution in [0.5, 0.6) is 0 Å². The summed E-state index contributed by atoms with van der Waals surface area (Å²) in [6.07, 6.45) is -4.68. The summed E-state index contributed by atoms with van der Waals surface area (Å²) in [7, 11) is 1.81. The number of rotatable bonds is 6. The van der Waals surface area contributed by atoms with Gasteiger partial charge in [0.15, 0.2) is 0 Å². The van der Waals surface area contributed by atoms with E-state index in [1.807, 2.05) is 31.3 Å². The lowest BCUT2D eigenvalue weighted by Crippen LogP contribution is -2.20. The summed E-state index contributed by atoms with van der Waals surface area (Å²) in [5.74, 6) is 0. The van der Waals surface area contributed by atoms with Crippen molar-refractivity contribution in [2.75, 3.05) is 13.2 Å². The lowest BCUT2D eigenvalue weighted by molar-refractivity contribution is -0.175. The summed E-state index contributed by atoms with van der Waals surface area (Å²) in [5.41, 5.74) is 1.68. The molecule has 0 radical (unpaired) electrons. The second-order valence-electron chi connectivity index (χ2n) is 4.90. The Balaban J connectivity index is 1.88. The van der Waals surface area contributed by atoms with Gasteiger partial charge < -0.3 is 9.84 Å². The van der Waals surface area contributed by atoms with Crippen molar-refractivity contribution in [2.24, 2.45) is 7.05 Å². The van der Waals surface area contributed by atoms with Crippen LogP contribution in [0.15, 0.2) is 24.3 Å². The van der Waals surface area contributed by atoms with Crippen LogP contribution >= 0.6 is 0 Å². The number of alkyl halides is 3. The summed E-state index contributed by atoms with van der Waals surface area (Å²) >= 11 is 0. The zero-order valence-electron chi connectivity index (χ0n) is 11.6. The number of aliphatic hydroxyl groups is 1. The Hall–Kier alpha value is -1.60. The number of aliphatic hydroxyl groups excluding tert-OH is 1. The fraction of sp³-hybridized carbons (Fsp3) is 0.500. The molecule has 1 heterocycles. The SMILES string of the molecule is Cn1nc(CC(O)CCOCC(F)(F)F)c2ccccc21. The highest BCUT2D eigenvalue weighted by Crippen LogP contribution is 2.19. The highest BCUT2D eigenvalue weighted by molar-refractivity contribution is 5.81. The highest BCUT2D eigenvalue weighted by Gasteiger charge is 2.27. The van der Waals surface area contributed by atoms with Crippen molar-refractivity contribution in [1.29, 1.82) is 0 Å². The van der Waals surface area contributed by atoms with E-state index in [0.717, 1.165) is 16.6 Å². The molecule has 2 aromatic rings. The van der Waals surface area contributed by atoms with Crippen LogP contribution in [0.2, 0.25) is 0 Å². The monoisotopic (exact) mass is 302 g/mol. The molecule has 0 saturated heterocycles. The fourth-order valence-corrected chi connectivity index (χ4v) is 2.17. The number of nitrogens with zero attached hydrogens (tertiary/aromatic N) is 2. The largest absolute Gasteiger partial charge is 0.411 e. The molecule has 0 fully saturated rings. The van der Waals surface area contributed by atoms with Gasteiger partial charge in [0.05, 0.1) is 17.3 Å². The molecule has 2 rings (SSSR count). The van der Waals surface area contributed by atoms with Crippen molar-refractivity contribution >= 4 is 10.9 Å². The standard InChI is InChI=1S/C14H17F3N2O2/c1-19-13-5-3-2-4-11(13)12(18-19)8-10(20)6-7-21-9-14(15,16)17/h2-5,10,20H,6-9H2,1H3. The molecule has 7 heteroatoms. The third kappa shape index (κ3) is 4.44. The van der Waals surface area contributed by atoms with E-state index in [1.54, 1.807) is 4.68 Å². The first-order chi connectivity index (χ1) is 9.87. The van der Waals surface area contributed by atoms with Crippen LogP contribution in [0, 0.1) is 0 Å². The van der Waals surface area contributed by atoms with E-state index in [4.69, 9.17) is 0 Å². The predicted octanol–water partition coefficient (Wildman–Crippen LogP) is 2.45. The normalized spacial score (nSPS) is 13.8. The maximum Gasteiger partial charge on any atom is 0.411 e. The van der Waals surface area contributed by atoms with Crippen LogP contribution in [0.3, 0.4) is 0 Å². The highest BCUT2D eigenvalue weighted by atomic mass is 19.4. The Morgan fingerprint density at radius 2 is 2.05 bits per heavy atom.